The van der Waals surface area contributed by atoms with Gasteiger partial charge in [-0.15, -0.1) is 0 Å². The van der Waals surface area contributed by atoms with Gasteiger partial charge in [0.05, 0.1) is 11.9 Å². The predicted molar refractivity (Wildman–Crippen MR) is 99.6 cm³/mol. The number of carbonyl (C=O) groups excluding carboxylic acids is 1. The number of carbonyl (C=O) groups is 1. The van der Waals surface area contributed by atoms with Gasteiger partial charge < -0.3 is 0 Å². The van der Waals surface area contributed by atoms with Gasteiger partial charge >= 0.3 is 0 Å². The molecule has 0 fully saturated rings. The van der Waals surface area contributed by atoms with E-state index in [9.17, 15) is 4.79 Å². The Bertz CT molecular complexity index is 864. The van der Waals surface area contributed by atoms with Crippen LogP contribution in [0.3, 0.4) is 0 Å². The number of amides is 1. The van der Waals surface area contributed by atoms with Gasteiger partial charge in [-0.05, 0) is 23.1 Å². The maximum Gasteiger partial charge on any atom is 0.289 e. The first-order valence-corrected chi connectivity index (χ1v) is 8.17. The fourth-order valence-corrected chi connectivity index (χ4v) is 2.39. The van der Waals surface area contributed by atoms with Gasteiger partial charge in [0, 0.05) is 5.56 Å². The van der Waals surface area contributed by atoms with Crippen LogP contribution in [-0.4, -0.2) is 22.3 Å². The van der Waals surface area contributed by atoms with Gasteiger partial charge in [-0.25, -0.2) is 5.43 Å². The fraction of sp³-hybridized carbons (Fsp3) is 0.150. The second-order valence-corrected chi connectivity index (χ2v) is 6.05. The summed E-state index contributed by atoms with van der Waals surface area (Å²) in [5, 5.41) is 10.9. The zero-order valence-electron chi connectivity index (χ0n) is 14.2. The third-order valence-corrected chi connectivity index (χ3v) is 3.87. The molecule has 0 radical (unpaired) electrons. The molecule has 0 atom stereocenters. The average molecular weight is 332 g/mol. The first-order valence-electron chi connectivity index (χ1n) is 8.17. The third-order valence-electron chi connectivity index (χ3n) is 3.87. The molecule has 126 valence electrons. The van der Waals surface area contributed by atoms with E-state index in [4.69, 9.17) is 0 Å². The van der Waals surface area contributed by atoms with Crippen LogP contribution in [0.15, 0.2) is 65.8 Å². The van der Waals surface area contributed by atoms with E-state index in [2.05, 4.69) is 46.7 Å². The van der Waals surface area contributed by atoms with Crippen LogP contribution < -0.4 is 5.43 Å². The highest BCUT2D eigenvalue weighted by Gasteiger charge is 2.09. The Labute approximate surface area is 146 Å². The fourth-order valence-electron chi connectivity index (χ4n) is 2.39. The Morgan fingerprint density at radius 2 is 1.84 bits per heavy atom. The first-order chi connectivity index (χ1) is 12.1. The second kappa shape index (κ2) is 7.57. The molecule has 0 saturated heterocycles. The van der Waals surface area contributed by atoms with Gasteiger partial charge in [-0.2, -0.15) is 10.2 Å². The molecule has 0 aliphatic heterocycles. The quantitative estimate of drug-likeness (QED) is 0.548. The summed E-state index contributed by atoms with van der Waals surface area (Å²) in [6.07, 6.45) is 1.62. The number of aromatic amines is 1. The highest BCUT2D eigenvalue weighted by atomic mass is 16.2. The summed E-state index contributed by atoms with van der Waals surface area (Å²) in [7, 11) is 0. The number of benzene rings is 2. The lowest BCUT2D eigenvalue weighted by molar-refractivity contribution is 0.0950. The van der Waals surface area contributed by atoms with Gasteiger partial charge in [0.1, 0.15) is 5.69 Å². The van der Waals surface area contributed by atoms with Crippen molar-refractivity contribution in [2.75, 3.05) is 0 Å². The van der Waals surface area contributed by atoms with Crippen molar-refractivity contribution < 1.29 is 4.79 Å². The lowest BCUT2D eigenvalue weighted by Gasteiger charge is -2.04. The summed E-state index contributed by atoms with van der Waals surface area (Å²) in [4.78, 5) is 12.1. The summed E-state index contributed by atoms with van der Waals surface area (Å²) in [5.41, 5.74) is 6.75. The minimum absolute atomic E-state index is 0.329. The van der Waals surface area contributed by atoms with Crippen molar-refractivity contribution in [1.29, 1.82) is 0 Å². The number of hydrogen-bond acceptors (Lipinski definition) is 3. The van der Waals surface area contributed by atoms with Gasteiger partial charge in [-0.1, -0.05) is 68.4 Å². The Kier molecular flexibility index (Phi) is 5.04. The Morgan fingerprint density at radius 1 is 1.12 bits per heavy atom. The molecule has 0 saturated carbocycles. The van der Waals surface area contributed by atoms with Crippen LogP contribution in [0.1, 0.15) is 41.4 Å². The van der Waals surface area contributed by atoms with E-state index < -0.39 is 0 Å². The summed E-state index contributed by atoms with van der Waals surface area (Å²) in [6.45, 7) is 4.30. The molecule has 2 N–H and O–H groups in total. The number of nitrogens with one attached hydrogen (secondary N) is 2. The number of H-pyrrole nitrogens is 1. The molecule has 0 unspecified atom stereocenters. The van der Waals surface area contributed by atoms with Gasteiger partial charge in [-0.3, -0.25) is 9.89 Å². The molecule has 5 heteroatoms. The average Bonchev–Trinajstić information content (AvgIpc) is 3.13. The highest BCUT2D eigenvalue weighted by molar-refractivity contribution is 5.94. The maximum atomic E-state index is 12.1. The maximum absolute atomic E-state index is 12.1. The minimum Gasteiger partial charge on any atom is -0.272 e. The van der Waals surface area contributed by atoms with Crippen LogP contribution >= 0.6 is 0 Å². The molecular formula is C20H20N4O. The Hall–Kier alpha value is -3.21. The monoisotopic (exact) mass is 332 g/mol. The van der Waals surface area contributed by atoms with E-state index in [-0.39, 0.29) is 5.91 Å². The second-order valence-electron chi connectivity index (χ2n) is 6.05. The van der Waals surface area contributed by atoms with E-state index in [0.29, 0.717) is 11.6 Å². The van der Waals surface area contributed by atoms with E-state index in [0.717, 1.165) is 16.8 Å². The van der Waals surface area contributed by atoms with Crippen LogP contribution in [0.2, 0.25) is 0 Å². The van der Waals surface area contributed by atoms with Crippen molar-refractivity contribution >= 4 is 12.1 Å². The molecule has 0 bridgehead atoms. The molecule has 25 heavy (non-hydrogen) atoms. The van der Waals surface area contributed by atoms with Crippen LogP contribution in [0.25, 0.3) is 11.3 Å². The van der Waals surface area contributed by atoms with Crippen LogP contribution in [0.5, 0.6) is 0 Å². The summed E-state index contributed by atoms with van der Waals surface area (Å²) >= 11 is 0. The van der Waals surface area contributed by atoms with Crippen molar-refractivity contribution in [1.82, 2.24) is 15.6 Å². The molecule has 5 nitrogen and oxygen atoms in total. The lowest BCUT2D eigenvalue weighted by atomic mass is 10.0. The van der Waals surface area contributed by atoms with Crippen LogP contribution in [0.4, 0.5) is 0 Å². The van der Waals surface area contributed by atoms with E-state index >= 15 is 0 Å². The Balaban J connectivity index is 1.62. The number of hydrazone groups is 1. The predicted octanol–water partition coefficient (Wildman–Crippen LogP) is 3.96. The minimum atomic E-state index is -0.329. The highest BCUT2D eigenvalue weighted by Crippen LogP contribution is 2.17. The largest absolute Gasteiger partial charge is 0.289 e. The lowest BCUT2D eigenvalue weighted by Crippen LogP contribution is -2.18. The number of aromatic nitrogens is 2. The van der Waals surface area contributed by atoms with Crippen molar-refractivity contribution in [3.63, 3.8) is 0 Å². The molecule has 1 aromatic heterocycles. The van der Waals surface area contributed by atoms with Crippen LogP contribution in [-0.2, 0) is 0 Å². The number of hydrogen-bond donors (Lipinski definition) is 2. The van der Waals surface area contributed by atoms with E-state index in [1.807, 2.05) is 42.5 Å². The van der Waals surface area contributed by atoms with Gasteiger partial charge in [0.2, 0.25) is 0 Å². The van der Waals surface area contributed by atoms with Gasteiger partial charge in [0.25, 0.3) is 5.91 Å². The molecule has 3 aromatic rings. The molecule has 2 aromatic carbocycles. The topological polar surface area (TPSA) is 70.1 Å². The standard InChI is InChI=1S/C20H20N4O/c1-14(2)16-10-8-15(9-11-16)13-21-24-20(25)19-12-18(22-23-19)17-6-4-3-5-7-17/h3-14H,1-2H3,(H,22,23)(H,24,25)/b21-13+. The molecule has 1 amide bonds. The normalized spacial score (nSPS) is 11.2. The van der Waals surface area contributed by atoms with E-state index in [1.165, 1.54) is 5.56 Å². The summed E-state index contributed by atoms with van der Waals surface area (Å²) < 4.78 is 0. The number of rotatable bonds is 5. The third kappa shape index (κ3) is 4.20. The van der Waals surface area contributed by atoms with Crippen molar-refractivity contribution in [3.05, 3.63) is 77.5 Å². The molecule has 0 spiro atoms. The van der Waals surface area contributed by atoms with Gasteiger partial charge in [0.15, 0.2) is 0 Å². The molecule has 0 aliphatic carbocycles. The number of nitrogens with zero attached hydrogens (tertiary/aromatic N) is 2. The van der Waals surface area contributed by atoms with Crippen molar-refractivity contribution in [3.8, 4) is 11.3 Å². The zero-order chi connectivity index (χ0) is 17.6. The van der Waals surface area contributed by atoms with Crippen molar-refractivity contribution in [2.24, 2.45) is 5.10 Å². The molecule has 3 rings (SSSR count). The molecule has 0 aliphatic rings. The smallest absolute Gasteiger partial charge is 0.272 e. The summed E-state index contributed by atoms with van der Waals surface area (Å²) in [5.74, 6) is 0.162. The summed E-state index contributed by atoms with van der Waals surface area (Å²) in [6, 6.07) is 19.5. The van der Waals surface area contributed by atoms with Crippen LogP contribution in [0, 0.1) is 0 Å². The zero-order valence-corrected chi connectivity index (χ0v) is 14.2. The molecule has 1 heterocycles. The SMILES string of the molecule is CC(C)c1ccc(/C=N/NC(=O)c2cc(-c3ccccc3)n[nH]2)cc1. The molecular weight excluding hydrogens is 312 g/mol. The van der Waals surface area contributed by atoms with Crippen molar-refractivity contribution in [2.45, 2.75) is 19.8 Å². The Morgan fingerprint density at radius 3 is 2.52 bits per heavy atom. The first kappa shape index (κ1) is 16.6. The van der Waals surface area contributed by atoms with E-state index in [1.54, 1.807) is 12.3 Å².